The molecule has 2 heterocycles. The Kier molecular flexibility index (Phi) is 6.21. The Morgan fingerprint density at radius 1 is 0.871 bits per heavy atom. The predicted molar refractivity (Wildman–Crippen MR) is 127 cm³/mol. The summed E-state index contributed by atoms with van der Waals surface area (Å²) in [6, 6.07) is 18.8. The molecule has 0 bridgehead atoms. The molecule has 1 N–H and O–H groups in total. The molecule has 0 aliphatic rings. The molecular formula is C26H30N4O. The van der Waals surface area contributed by atoms with E-state index in [0.29, 0.717) is 6.61 Å². The molecule has 0 spiro atoms. The van der Waals surface area contributed by atoms with Crippen molar-refractivity contribution < 1.29 is 4.74 Å². The summed E-state index contributed by atoms with van der Waals surface area (Å²) in [5.74, 6) is 1.75. The Labute approximate surface area is 184 Å². The third-order valence-electron chi connectivity index (χ3n) is 5.73. The third kappa shape index (κ3) is 4.26. The van der Waals surface area contributed by atoms with Crippen molar-refractivity contribution in [3.63, 3.8) is 0 Å². The molecule has 2 aromatic carbocycles. The topological polar surface area (TPSA) is 52.0 Å². The summed E-state index contributed by atoms with van der Waals surface area (Å²) < 4.78 is 7.89. The van der Waals surface area contributed by atoms with Gasteiger partial charge in [-0.05, 0) is 70.4 Å². The van der Waals surface area contributed by atoms with Crippen molar-refractivity contribution in [2.45, 2.75) is 40.5 Å². The molecule has 0 saturated heterocycles. The van der Waals surface area contributed by atoms with Gasteiger partial charge in [-0.2, -0.15) is 5.10 Å². The molecule has 160 valence electrons. The van der Waals surface area contributed by atoms with Crippen LogP contribution in [0.5, 0.6) is 5.75 Å². The summed E-state index contributed by atoms with van der Waals surface area (Å²) in [6.45, 7) is 9.86. The molecule has 0 aliphatic heterocycles. The molecule has 0 saturated carbocycles. The average Bonchev–Trinajstić information content (AvgIpc) is 3.05. The van der Waals surface area contributed by atoms with E-state index in [1.165, 1.54) is 22.3 Å². The molecule has 2 aromatic heterocycles. The van der Waals surface area contributed by atoms with Crippen LogP contribution in [0, 0.1) is 20.8 Å². The highest BCUT2D eigenvalue weighted by atomic mass is 16.5. The Hall–Kier alpha value is -3.34. The van der Waals surface area contributed by atoms with Gasteiger partial charge in [0.2, 0.25) is 0 Å². The van der Waals surface area contributed by atoms with E-state index >= 15 is 0 Å². The fraction of sp³-hybridized carbons (Fsp3) is 0.308. The first-order chi connectivity index (χ1) is 15.1. The van der Waals surface area contributed by atoms with Crippen molar-refractivity contribution in [1.29, 1.82) is 0 Å². The Balaban J connectivity index is 1.62. The van der Waals surface area contributed by atoms with Crippen LogP contribution in [0.4, 0.5) is 5.82 Å². The molecule has 4 aromatic rings. The highest BCUT2D eigenvalue weighted by molar-refractivity contribution is 5.98. The Morgan fingerprint density at radius 3 is 2.29 bits per heavy atom. The smallest absolute Gasteiger partial charge is 0.158 e. The van der Waals surface area contributed by atoms with Gasteiger partial charge in [0.25, 0.3) is 0 Å². The van der Waals surface area contributed by atoms with Crippen LogP contribution in [0.25, 0.3) is 16.5 Å². The first kappa shape index (κ1) is 20.9. The van der Waals surface area contributed by atoms with Crippen LogP contribution in [0.2, 0.25) is 0 Å². The Morgan fingerprint density at radius 2 is 1.58 bits per heavy atom. The highest BCUT2D eigenvalue weighted by Gasteiger charge is 2.19. The lowest BCUT2D eigenvalue weighted by atomic mass is 10.1. The minimum atomic E-state index is 0.667. The standard InChI is InChI=1S/C26H30N4O/c1-5-31-23-15-13-22(14-16-23)30-19(3)24-18(2)28-29-26(25(24)20(30)4)27-17-9-12-21-10-7-6-8-11-21/h6-8,10-11,13-16H,5,9,12,17H2,1-4H3,(H,27,29). The molecule has 0 unspecified atom stereocenters. The number of benzene rings is 2. The lowest BCUT2D eigenvalue weighted by Gasteiger charge is -2.11. The first-order valence-corrected chi connectivity index (χ1v) is 11.0. The minimum absolute atomic E-state index is 0.667. The van der Waals surface area contributed by atoms with Crippen molar-refractivity contribution >= 4 is 16.6 Å². The highest BCUT2D eigenvalue weighted by Crippen LogP contribution is 2.34. The number of nitrogens with one attached hydrogen (secondary N) is 1. The number of nitrogens with zero attached hydrogens (tertiary/aromatic N) is 3. The zero-order valence-electron chi connectivity index (χ0n) is 18.8. The number of ether oxygens (including phenoxy) is 1. The van der Waals surface area contributed by atoms with Crippen LogP contribution in [0.1, 0.15) is 36.0 Å². The first-order valence-electron chi connectivity index (χ1n) is 11.0. The molecule has 0 fully saturated rings. The monoisotopic (exact) mass is 414 g/mol. The van der Waals surface area contributed by atoms with Crippen molar-refractivity contribution in [2.24, 2.45) is 0 Å². The van der Waals surface area contributed by atoms with Gasteiger partial charge < -0.3 is 14.6 Å². The molecule has 0 amide bonds. The maximum Gasteiger partial charge on any atom is 0.158 e. The van der Waals surface area contributed by atoms with Crippen molar-refractivity contribution in [3.8, 4) is 11.4 Å². The van der Waals surface area contributed by atoms with E-state index in [4.69, 9.17) is 4.74 Å². The van der Waals surface area contributed by atoms with Crippen LogP contribution in [0.15, 0.2) is 54.6 Å². The molecule has 0 atom stereocenters. The number of hydrogen-bond donors (Lipinski definition) is 1. The maximum atomic E-state index is 5.60. The van der Waals surface area contributed by atoms with Gasteiger partial charge in [0.05, 0.1) is 12.3 Å². The molecule has 0 radical (unpaired) electrons. The van der Waals surface area contributed by atoms with Crippen molar-refractivity contribution in [1.82, 2.24) is 14.8 Å². The van der Waals surface area contributed by atoms with E-state index < -0.39 is 0 Å². The van der Waals surface area contributed by atoms with E-state index in [0.717, 1.165) is 47.7 Å². The molecule has 5 heteroatoms. The second-order valence-electron chi connectivity index (χ2n) is 7.83. The second-order valence-corrected chi connectivity index (χ2v) is 7.83. The maximum absolute atomic E-state index is 5.60. The van der Waals surface area contributed by atoms with Gasteiger partial charge >= 0.3 is 0 Å². The van der Waals surface area contributed by atoms with E-state index in [1.807, 2.05) is 26.0 Å². The lowest BCUT2D eigenvalue weighted by Crippen LogP contribution is -2.07. The molecule has 4 rings (SSSR count). The summed E-state index contributed by atoms with van der Waals surface area (Å²) >= 11 is 0. The summed E-state index contributed by atoms with van der Waals surface area (Å²) in [6.07, 6.45) is 2.08. The Bertz CT molecular complexity index is 1160. The average molecular weight is 415 g/mol. The van der Waals surface area contributed by atoms with Crippen LogP contribution < -0.4 is 10.1 Å². The van der Waals surface area contributed by atoms with Crippen molar-refractivity contribution in [3.05, 3.63) is 77.2 Å². The van der Waals surface area contributed by atoms with Crippen LogP contribution in [0.3, 0.4) is 0 Å². The normalized spacial score (nSPS) is 11.1. The summed E-state index contributed by atoms with van der Waals surface area (Å²) in [5.41, 5.74) is 5.77. The largest absolute Gasteiger partial charge is 0.494 e. The molecule has 5 nitrogen and oxygen atoms in total. The van der Waals surface area contributed by atoms with Gasteiger partial charge in [0.15, 0.2) is 5.82 Å². The summed E-state index contributed by atoms with van der Waals surface area (Å²) in [5, 5.41) is 14.8. The number of fused-ring (bicyclic) bond motifs is 1. The van der Waals surface area contributed by atoms with Gasteiger partial charge in [-0.15, -0.1) is 5.10 Å². The minimum Gasteiger partial charge on any atom is -0.494 e. The van der Waals surface area contributed by atoms with E-state index in [1.54, 1.807) is 0 Å². The zero-order valence-corrected chi connectivity index (χ0v) is 18.8. The van der Waals surface area contributed by atoms with Crippen LogP contribution in [-0.2, 0) is 6.42 Å². The van der Waals surface area contributed by atoms with E-state index in [9.17, 15) is 0 Å². The summed E-state index contributed by atoms with van der Waals surface area (Å²) in [4.78, 5) is 0. The predicted octanol–water partition coefficient (Wildman–Crippen LogP) is 5.79. The van der Waals surface area contributed by atoms with Crippen LogP contribution in [-0.4, -0.2) is 27.9 Å². The quantitative estimate of drug-likeness (QED) is 0.371. The number of anilines is 1. The fourth-order valence-corrected chi connectivity index (χ4v) is 4.31. The molecular weight excluding hydrogens is 384 g/mol. The zero-order chi connectivity index (χ0) is 21.8. The van der Waals surface area contributed by atoms with Gasteiger partial charge in [-0.25, -0.2) is 0 Å². The van der Waals surface area contributed by atoms with Gasteiger partial charge in [-0.1, -0.05) is 30.3 Å². The van der Waals surface area contributed by atoms with E-state index in [2.05, 4.69) is 76.4 Å². The number of aryl methyl sites for hydroxylation is 4. The molecule has 31 heavy (non-hydrogen) atoms. The molecule has 0 aliphatic carbocycles. The SMILES string of the molecule is CCOc1ccc(-n2c(C)c3c(C)nnc(NCCCc4ccccc4)c3c2C)cc1. The third-order valence-corrected chi connectivity index (χ3v) is 5.73. The number of rotatable bonds is 8. The number of aromatic nitrogens is 3. The van der Waals surface area contributed by atoms with Gasteiger partial charge in [0, 0.05) is 34.4 Å². The number of hydrogen-bond acceptors (Lipinski definition) is 4. The van der Waals surface area contributed by atoms with Crippen LogP contribution >= 0.6 is 0 Å². The lowest BCUT2D eigenvalue weighted by molar-refractivity contribution is 0.340. The second kappa shape index (κ2) is 9.21. The fourth-order valence-electron chi connectivity index (χ4n) is 4.31. The van der Waals surface area contributed by atoms with Gasteiger partial charge in [-0.3, -0.25) is 0 Å². The van der Waals surface area contributed by atoms with E-state index in [-0.39, 0.29) is 0 Å². The van der Waals surface area contributed by atoms with Gasteiger partial charge in [0.1, 0.15) is 5.75 Å². The summed E-state index contributed by atoms with van der Waals surface area (Å²) in [7, 11) is 0. The van der Waals surface area contributed by atoms with Crippen molar-refractivity contribution in [2.75, 3.05) is 18.5 Å².